The molecular formula is C15H17N5O. The molecule has 1 aromatic carbocycles. The van der Waals surface area contributed by atoms with E-state index >= 15 is 0 Å². The Morgan fingerprint density at radius 3 is 2.62 bits per heavy atom. The van der Waals surface area contributed by atoms with Crippen molar-refractivity contribution in [3.05, 3.63) is 35.0 Å². The van der Waals surface area contributed by atoms with Crippen LogP contribution in [-0.2, 0) is 4.74 Å². The Morgan fingerprint density at radius 2 is 1.95 bits per heavy atom. The number of nitrogens with zero attached hydrogens (tertiary/aromatic N) is 5. The number of ether oxygens (including phenoxy) is 1. The molecule has 0 saturated carbocycles. The van der Waals surface area contributed by atoms with Crippen LogP contribution in [0.4, 0.5) is 5.82 Å². The molecule has 2 heterocycles. The third-order valence-corrected chi connectivity index (χ3v) is 3.58. The summed E-state index contributed by atoms with van der Waals surface area (Å²) in [6.07, 6.45) is 0. The van der Waals surface area contributed by atoms with E-state index in [1.807, 2.05) is 26.0 Å². The standard InChI is InChI=1S/C15H17N5O/c1-11-3-4-14(12(2)9-11)20-17-13(10-16)15(18-20)19-5-7-21-8-6-19/h3-4,9H,5-8H2,1-2H3. The molecule has 6 heteroatoms. The van der Waals surface area contributed by atoms with Gasteiger partial charge in [-0.3, -0.25) is 0 Å². The van der Waals surface area contributed by atoms with Crippen molar-refractivity contribution in [2.75, 3.05) is 31.2 Å². The number of aromatic nitrogens is 3. The molecule has 0 unspecified atom stereocenters. The second kappa shape index (κ2) is 5.54. The van der Waals surface area contributed by atoms with Gasteiger partial charge in [-0.25, -0.2) is 0 Å². The zero-order valence-corrected chi connectivity index (χ0v) is 12.2. The van der Waals surface area contributed by atoms with Crippen molar-refractivity contribution in [1.29, 1.82) is 5.26 Å². The van der Waals surface area contributed by atoms with Gasteiger partial charge in [-0.05, 0) is 25.5 Å². The summed E-state index contributed by atoms with van der Waals surface area (Å²) in [5, 5.41) is 18.1. The molecule has 1 aliphatic heterocycles. The first-order valence-electron chi connectivity index (χ1n) is 6.97. The zero-order chi connectivity index (χ0) is 14.8. The van der Waals surface area contributed by atoms with Crippen molar-refractivity contribution < 1.29 is 4.74 Å². The van der Waals surface area contributed by atoms with Gasteiger partial charge < -0.3 is 9.64 Å². The summed E-state index contributed by atoms with van der Waals surface area (Å²) in [4.78, 5) is 3.60. The summed E-state index contributed by atoms with van der Waals surface area (Å²) in [6, 6.07) is 8.22. The first-order chi connectivity index (χ1) is 10.2. The molecule has 0 aliphatic carbocycles. The molecule has 1 fully saturated rings. The fourth-order valence-electron chi connectivity index (χ4n) is 2.50. The van der Waals surface area contributed by atoms with E-state index in [1.54, 1.807) is 4.80 Å². The molecule has 21 heavy (non-hydrogen) atoms. The summed E-state index contributed by atoms with van der Waals surface area (Å²) in [6.45, 7) is 6.85. The Bertz CT molecular complexity index is 695. The minimum absolute atomic E-state index is 0.358. The maximum atomic E-state index is 9.30. The summed E-state index contributed by atoms with van der Waals surface area (Å²) in [5.41, 5.74) is 3.54. The molecule has 0 radical (unpaired) electrons. The second-order valence-corrected chi connectivity index (χ2v) is 5.16. The molecule has 1 saturated heterocycles. The Balaban J connectivity index is 2.01. The van der Waals surface area contributed by atoms with Gasteiger partial charge in [0.2, 0.25) is 5.69 Å². The Labute approximate surface area is 123 Å². The molecular weight excluding hydrogens is 266 g/mol. The smallest absolute Gasteiger partial charge is 0.207 e. The average Bonchev–Trinajstić information content (AvgIpc) is 2.92. The van der Waals surface area contributed by atoms with Crippen LogP contribution in [0, 0.1) is 25.2 Å². The van der Waals surface area contributed by atoms with E-state index in [0.29, 0.717) is 24.7 Å². The van der Waals surface area contributed by atoms with E-state index in [9.17, 15) is 5.26 Å². The number of hydrogen-bond donors (Lipinski definition) is 0. The monoisotopic (exact) mass is 283 g/mol. The molecule has 2 aromatic rings. The van der Waals surface area contributed by atoms with E-state index in [1.165, 1.54) is 5.56 Å². The highest BCUT2D eigenvalue weighted by atomic mass is 16.5. The van der Waals surface area contributed by atoms with Crippen LogP contribution < -0.4 is 4.90 Å². The summed E-state index contributed by atoms with van der Waals surface area (Å²) >= 11 is 0. The molecule has 0 amide bonds. The molecule has 1 aromatic heterocycles. The molecule has 108 valence electrons. The molecule has 0 N–H and O–H groups in total. The van der Waals surface area contributed by atoms with Gasteiger partial charge in [0, 0.05) is 13.1 Å². The molecule has 3 rings (SSSR count). The van der Waals surface area contributed by atoms with E-state index in [-0.39, 0.29) is 0 Å². The van der Waals surface area contributed by atoms with E-state index in [0.717, 1.165) is 24.3 Å². The van der Waals surface area contributed by atoms with Crippen LogP contribution in [-0.4, -0.2) is 41.3 Å². The predicted octanol–water partition coefficient (Wildman–Crippen LogP) is 1.59. The van der Waals surface area contributed by atoms with Crippen LogP contribution in [0.25, 0.3) is 5.69 Å². The summed E-state index contributed by atoms with van der Waals surface area (Å²) in [7, 11) is 0. The van der Waals surface area contributed by atoms with Crippen LogP contribution in [0.1, 0.15) is 16.8 Å². The topological polar surface area (TPSA) is 67.0 Å². The number of nitriles is 1. The highest BCUT2D eigenvalue weighted by molar-refractivity contribution is 5.51. The number of aryl methyl sites for hydroxylation is 2. The number of morpholine rings is 1. The minimum atomic E-state index is 0.358. The highest BCUT2D eigenvalue weighted by Gasteiger charge is 2.21. The third-order valence-electron chi connectivity index (χ3n) is 3.58. The molecule has 0 spiro atoms. The fourth-order valence-corrected chi connectivity index (χ4v) is 2.50. The normalized spacial score (nSPS) is 15.0. The maximum absolute atomic E-state index is 9.30. The first-order valence-corrected chi connectivity index (χ1v) is 6.97. The molecule has 6 nitrogen and oxygen atoms in total. The second-order valence-electron chi connectivity index (χ2n) is 5.16. The van der Waals surface area contributed by atoms with Crippen molar-refractivity contribution in [1.82, 2.24) is 15.0 Å². The van der Waals surface area contributed by atoms with Crippen LogP contribution in [0.2, 0.25) is 0 Å². The lowest BCUT2D eigenvalue weighted by atomic mass is 10.1. The molecule has 0 bridgehead atoms. The largest absolute Gasteiger partial charge is 0.378 e. The van der Waals surface area contributed by atoms with Gasteiger partial charge in [-0.15, -0.1) is 15.0 Å². The average molecular weight is 283 g/mol. The van der Waals surface area contributed by atoms with Gasteiger partial charge in [-0.1, -0.05) is 17.7 Å². The van der Waals surface area contributed by atoms with Crippen molar-refractivity contribution in [2.45, 2.75) is 13.8 Å². The van der Waals surface area contributed by atoms with Crippen molar-refractivity contribution in [3.63, 3.8) is 0 Å². The van der Waals surface area contributed by atoms with Crippen LogP contribution in [0.3, 0.4) is 0 Å². The molecule has 1 aliphatic rings. The van der Waals surface area contributed by atoms with Crippen molar-refractivity contribution in [2.24, 2.45) is 0 Å². The van der Waals surface area contributed by atoms with Crippen LogP contribution in [0.15, 0.2) is 18.2 Å². The van der Waals surface area contributed by atoms with Gasteiger partial charge in [0.05, 0.1) is 18.9 Å². The number of hydrogen-bond acceptors (Lipinski definition) is 5. The van der Waals surface area contributed by atoms with Crippen molar-refractivity contribution >= 4 is 5.82 Å². The lowest BCUT2D eigenvalue weighted by molar-refractivity contribution is 0.122. The Hall–Kier alpha value is -2.39. The lowest BCUT2D eigenvalue weighted by Gasteiger charge is -2.26. The minimum Gasteiger partial charge on any atom is -0.378 e. The van der Waals surface area contributed by atoms with Gasteiger partial charge in [0.15, 0.2) is 5.82 Å². The Kier molecular flexibility index (Phi) is 3.59. The maximum Gasteiger partial charge on any atom is 0.207 e. The van der Waals surface area contributed by atoms with Gasteiger partial charge in [0.1, 0.15) is 6.07 Å². The first kappa shape index (κ1) is 13.6. The number of anilines is 1. The van der Waals surface area contributed by atoms with Gasteiger partial charge in [-0.2, -0.15) is 5.26 Å². The quantitative estimate of drug-likeness (QED) is 0.837. The van der Waals surface area contributed by atoms with E-state index in [2.05, 4.69) is 27.2 Å². The van der Waals surface area contributed by atoms with E-state index < -0.39 is 0 Å². The summed E-state index contributed by atoms with van der Waals surface area (Å²) < 4.78 is 5.34. The summed E-state index contributed by atoms with van der Waals surface area (Å²) in [5.74, 6) is 0.640. The number of benzene rings is 1. The molecule has 0 atom stereocenters. The highest BCUT2D eigenvalue weighted by Crippen LogP contribution is 2.20. The zero-order valence-electron chi connectivity index (χ0n) is 12.2. The Morgan fingerprint density at radius 1 is 1.19 bits per heavy atom. The SMILES string of the molecule is Cc1ccc(-n2nc(C#N)c(N3CCOCC3)n2)c(C)c1. The number of rotatable bonds is 2. The van der Waals surface area contributed by atoms with Gasteiger partial charge >= 0.3 is 0 Å². The van der Waals surface area contributed by atoms with Crippen LogP contribution >= 0.6 is 0 Å². The third kappa shape index (κ3) is 2.60. The predicted molar refractivity (Wildman–Crippen MR) is 78.6 cm³/mol. The lowest BCUT2D eigenvalue weighted by Crippen LogP contribution is -2.37. The van der Waals surface area contributed by atoms with Gasteiger partial charge in [0.25, 0.3) is 0 Å². The van der Waals surface area contributed by atoms with Crippen molar-refractivity contribution in [3.8, 4) is 11.8 Å². The van der Waals surface area contributed by atoms with E-state index in [4.69, 9.17) is 4.74 Å². The van der Waals surface area contributed by atoms with Crippen LogP contribution in [0.5, 0.6) is 0 Å². The fraction of sp³-hybridized carbons (Fsp3) is 0.400.